The van der Waals surface area contributed by atoms with Crippen molar-refractivity contribution in [2.75, 3.05) is 19.0 Å². The van der Waals surface area contributed by atoms with Gasteiger partial charge in [0.15, 0.2) is 0 Å². The fraction of sp³-hybridized carbons (Fsp3) is 0.286. The second-order valence-electron chi connectivity index (χ2n) is 12.0. The molecule has 6 rings (SSSR count). The summed E-state index contributed by atoms with van der Waals surface area (Å²) in [4.78, 5) is 45.8. The number of nitrogens with one attached hydrogen (secondary N) is 3. The molecule has 1 aliphatic heterocycles. The van der Waals surface area contributed by atoms with Crippen molar-refractivity contribution in [3.8, 4) is 28.3 Å². The van der Waals surface area contributed by atoms with Crippen molar-refractivity contribution in [1.29, 1.82) is 0 Å². The number of hydrogen-bond donors (Lipinski definition) is 3. The SMILES string of the molecule is COc1nc(-c2cccc(-c3cccc(Nc4nc(C(F)(F)F)cc5c4c(=O)n(C)c(=O)n5C)c3C)c2Cl)ccc1CNC[C@H]1CCC(=O)N1. The van der Waals surface area contributed by atoms with Gasteiger partial charge in [0.2, 0.25) is 11.8 Å². The Morgan fingerprint density at radius 2 is 1.72 bits per heavy atom. The van der Waals surface area contributed by atoms with Gasteiger partial charge in [-0.25, -0.2) is 14.8 Å². The first-order chi connectivity index (χ1) is 23.8. The maximum atomic E-state index is 13.9. The van der Waals surface area contributed by atoms with E-state index in [9.17, 15) is 27.6 Å². The third-order valence-corrected chi connectivity index (χ3v) is 9.23. The predicted octanol–water partition coefficient (Wildman–Crippen LogP) is 5.46. The summed E-state index contributed by atoms with van der Waals surface area (Å²) in [6.45, 7) is 2.87. The molecule has 15 heteroatoms. The molecular weight excluding hydrogens is 675 g/mol. The van der Waals surface area contributed by atoms with Crippen molar-refractivity contribution in [1.82, 2.24) is 29.7 Å². The third-order valence-electron chi connectivity index (χ3n) is 8.82. The van der Waals surface area contributed by atoms with E-state index in [2.05, 4.69) is 20.9 Å². The lowest BCUT2D eigenvalue weighted by Crippen LogP contribution is -2.37. The molecule has 0 bridgehead atoms. The van der Waals surface area contributed by atoms with Gasteiger partial charge in [-0.3, -0.25) is 18.7 Å². The average Bonchev–Trinajstić information content (AvgIpc) is 3.51. The quantitative estimate of drug-likeness (QED) is 0.184. The molecule has 50 heavy (non-hydrogen) atoms. The Bertz CT molecular complexity index is 2270. The van der Waals surface area contributed by atoms with Crippen LogP contribution in [0.2, 0.25) is 5.02 Å². The van der Waals surface area contributed by atoms with Crippen LogP contribution in [-0.2, 0) is 31.6 Å². The third kappa shape index (κ3) is 6.55. The van der Waals surface area contributed by atoms with Gasteiger partial charge in [0.25, 0.3) is 5.56 Å². The molecule has 11 nitrogen and oxygen atoms in total. The standard InChI is InChI=1S/C35H33ClF3N7O4/c1-18-21(7-6-10-24(18)42-31-29-26(15-27(44-31)35(37,38)39)45(2)34(49)46(3)33(29)48)22-8-5-9-23(30(22)36)25-13-11-19(32(43-25)50-4)16-40-17-20-12-14-28(47)41-20/h5-11,13,15,20,40H,12,14,16-17H2,1-4H3,(H,41,47)(H,42,44)/t20-/m1/s1. The number of pyridine rings is 2. The van der Waals surface area contributed by atoms with Crippen LogP contribution in [0.3, 0.4) is 0 Å². The second-order valence-corrected chi connectivity index (χ2v) is 12.4. The summed E-state index contributed by atoms with van der Waals surface area (Å²) in [5.74, 6) is 0.129. The lowest BCUT2D eigenvalue weighted by atomic mass is 9.96. The molecule has 1 saturated heterocycles. The Morgan fingerprint density at radius 1 is 1.00 bits per heavy atom. The van der Waals surface area contributed by atoms with Crippen molar-refractivity contribution < 1.29 is 22.7 Å². The van der Waals surface area contributed by atoms with Crippen LogP contribution in [0, 0.1) is 6.92 Å². The number of hydrogen-bond acceptors (Lipinski definition) is 8. The van der Waals surface area contributed by atoms with Gasteiger partial charge in [0, 0.05) is 62.0 Å². The lowest BCUT2D eigenvalue weighted by molar-refractivity contribution is -0.141. The minimum absolute atomic E-state index is 0.0558. The molecule has 1 atom stereocenters. The van der Waals surface area contributed by atoms with Crippen molar-refractivity contribution in [2.24, 2.45) is 14.1 Å². The number of alkyl halides is 3. The highest BCUT2D eigenvalue weighted by atomic mass is 35.5. The first kappa shape index (κ1) is 34.6. The molecule has 3 aromatic heterocycles. The van der Waals surface area contributed by atoms with Gasteiger partial charge < -0.3 is 20.7 Å². The number of anilines is 2. The molecule has 3 N–H and O–H groups in total. The van der Waals surface area contributed by atoms with Crippen molar-refractivity contribution in [3.05, 3.63) is 97.3 Å². The predicted molar refractivity (Wildman–Crippen MR) is 185 cm³/mol. The number of rotatable bonds is 9. The van der Waals surface area contributed by atoms with E-state index in [1.54, 1.807) is 19.1 Å². The summed E-state index contributed by atoms with van der Waals surface area (Å²) in [7, 11) is 4.08. The van der Waals surface area contributed by atoms with Gasteiger partial charge in [-0.05, 0) is 42.7 Å². The molecule has 260 valence electrons. The van der Waals surface area contributed by atoms with Crippen molar-refractivity contribution in [2.45, 2.75) is 38.5 Å². The molecule has 0 saturated carbocycles. The number of nitrogens with zero attached hydrogens (tertiary/aromatic N) is 4. The number of halogens is 4. The summed E-state index contributed by atoms with van der Waals surface area (Å²) in [6.07, 6.45) is -3.53. The van der Waals surface area contributed by atoms with E-state index >= 15 is 0 Å². The number of carbonyl (C=O) groups excluding carboxylic acids is 1. The summed E-state index contributed by atoms with van der Waals surface area (Å²) in [6, 6.07) is 15.2. The van der Waals surface area contributed by atoms with Crippen molar-refractivity contribution in [3.63, 3.8) is 0 Å². The Hall–Kier alpha value is -5.21. The van der Waals surface area contributed by atoms with E-state index < -0.39 is 23.1 Å². The zero-order chi connectivity index (χ0) is 35.9. The summed E-state index contributed by atoms with van der Waals surface area (Å²) in [5.41, 5.74) is 1.29. The molecule has 0 aliphatic carbocycles. The number of benzene rings is 2. The monoisotopic (exact) mass is 707 g/mol. The van der Waals surface area contributed by atoms with E-state index in [0.717, 1.165) is 21.1 Å². The smallest absolute Gasteiger partial charge is 0.433 e. The number of fused-ring (bicyclic) bond motifs is 1. The molecule has 1 aliphatic rings. The maximum Gasteiger partial charge on any atom is 0.433 e. The number of aryl methyl sites for hydroxylation is 1. The molecule has 1 fully saturated rings. The first-order valence-electron chi connectivity index (χ1n) is 15.7. The largest absolute Gasteiger partial charge is 0.481 e. The van der Waals surface area contributed by atoms with Gasteiger partial charge >= 0.3 is 11.9 Å². The van der Waals surface area contributed by atoms with E-state index in [1.807, 2.05) is 36.4 Å². The molecule has 5 aromatic rings. The van der Waals surface area contributed by atoms with E-state index in [-0.39, 0.29) is 28.7 Å². The van der Waals surface area contributed by atoms with Crippen LogP contribution >= 0.6 is 11.6 Å². The molecular formula is C35H33ClF3N7O4. The number of amides is 1. The fourth-order valence-corrected chi connectivity index (χ4v) is 6.42. The minimum Gasteiger partial charge on any atom is -0.481 e. The zero-order valence-electron chi connectivity index (χ0n) is 27.5. The highest BCUT2D eigenvalue weighted by Crippen LogP contribution is 2.40. The van der Waals surface area contributed by atoms with Crippen LogP contribution in [0.25, 0.3) is 33.3 Å². The molecule has 0 unspecified atom stereocenters. The van der Waals surface area contributed by atoms with E-state index in [4.69, 9.17) is 21.3 Å². The molecule has 0 spiro atoms. The Labute approximate surface area is 289 Å². The van der Waals surface area contributed by atoms with Crippen LogP contribution in [0.4, 0.5) is 24.7 Å². The van der Waals surface area contributed by atoms with Crippen LogP contribution in [0.5, 0.6) is 5.88 Å². The molecule has 0 radical (unpaired) electrons. The fourth-order valence-electron chi connectivity index (χ4n) is 6.10. The molecule has 1 amide bonds. The Morgan fingerprint density at radius 3 is 2.42 bits per heavy atom. The normalized spacial score (nSPS) is 14.6. The topological polar surface area (TPSA) is 132 Å². The van der Waals surface area contributed by atoms with Gasteiger partial charge in [-0.2, -0.15) is 13.2 Å². The zero-order valence-corrected chi connectivity index (χ0v) is 28.3. The summed E-state index contributed by atoms with van der Waals surface area (Å²) in [5, 5.41) is 9.42. The minimum atomic E-state index is -4.84. The van der Waals surface area contributed by atoms with Crippen LogP contribution in [-0.4, -0.2) is 44.7 Å². The van der Waals surface area contributed by atoms with E-state index in [1.165, 1.54) is 21.2 Å². The number of carbonyl (C=O) groups is 1. The van der Waals surface area contributed by atoms with Crippen LogP contribution in [0.1, 0.15) is 29.7 Å². The van der Waals surface area contributed by atoms with Crippen molar-refractivity contribution >= 4 is 39.9 Å². The maximum absolute atomic E-state index is 13.9. The number of aromatic nitrogens is 4. The molecule has 2 aromatic carbocycles. The van der Waals surface area contributed by atoms with Crippen LogP contribution < -0.4 is 31.9 Å². The summed E-state index contributed by atoms with van der Waals surface area (Å²) < 4.78 is 49.2. The Balaban J connectivity index is 1.34. The van der Waals surface area contributed by atoms with Gasteiger partial charge in [-0.15, -0.1) is 0 Å². The highest BCUT2D eigenvalue weighted by Gasteiger charge is 2.34. The van der Waals surface area contributed by atoms with Gasteiger partial charge in [0.05, 0.1) is 23.3 Å². The Kier molecular flexibility index (Phi) is 9.42. The second kappa shape index (κ2) is 13.6. The lowest BCUT2D eigenvalue weighted by Gasteiger charge is -2.18. The highest BCUT2D eigenvalue weighted by molar-refractivity contribution is 6.36. The molecule has 4 heterocycles. The average molecular weight is 708 g/mol. The summed E-state index contributed by atoms with van der Waals surface area (Å²) >= 11 is 7.02. The first-order valence-corrected chi connectivity index (χ1v) is 16.0. The van der Waals surface area contributed by atoms with Gasteiger partial charge in [0.1, 0.15) is 16.9 Å². The van der Waals surface area contributed by atoms with Gasteiger partial charge in [-0.1, -0.05) is 48.0 Å². The van der Waals surface area contributed by atoms with E-state index in [0.29, 0.717) is 70.1 Å². The van der Waals surface area contributed by atoms with Crippen LogP contribution in [0.15, 0.2) is 64.2 Å². The number of ether oxygens (including phenoxy) is 1. The number of methoxy groups -OCH3 is 1.